The minimum Gasteiger partial charge on any atom is -0.465 e. The van der Waals surface area contributed by atoms with Crippen LogP contribution in [0.1, 0.15) is 15.9 Å². The van der Waals surface area contributed by atoms with Gasteiger partial charge in [-0.2, -0.15) is 15.0 Å². The molecule has 88 valence electrons. The first-order valence-electron chi connectivity index (χ1n) is 4.76. The van der Waals surface area contributed by atoms with Crippen LogP contribution in [0.4, 0.5) is 0 Å². The fourth-order valence-corrected chi connectivity index (χ4v) is 1.55. The van der Waals surface area contributed by atoms with Gasteiger partial charge in [0.2, 0.25) is 0 Å². The second-order valence-electron chi connectivity index (χ2n) is 3.36. The molecule has 17 heavy (non-hydrogen) atoms. The molecule has 7 nitrogen and oxygen atoms in total. The lowest BCUT2D eigenvalue weighted by Crippen LogP contribution is -2.02. The van der Waals surface area contributed by atoms with Gasteiger partial charge in [0.15, 0.2) is 0 Å². The first-order chi connectivity index (χ1) is 8.15. The van der Waals surface area contributed by atoms with Crippen molar-refractivity contribution >= 4 is 23.2 Å². The molecule has 0 aliphatic carbocycles. The number of hydrogen-bond donors (Lipinski definition) is 1. The number of carbonyl (C=O) groups excluding carboxylic acids is 1. The Hall–Kier alpha value is -2.44. The van der Waals surface area contributed by atoms with Crippen LogP contribution in [0.2, 0.25) is 0 Å². The number of benzene rings is 1. The number of oxime groups is 1. The van der Waals surface area contributed by atoms with E-state index in [-0.39, 0.29) is 0 Å². The van der Waals surface area contributed by atoms with E-state index in [9.17, 15) is 4.79 Å². The van der Waals surface area contributed by atoms with Crippen LogP contribution >= 0.6 is 0 Å². The third kappa shape index (κ3) is 1.94. The fourth-order valence-electron chi connectivity index (χ4n) is 1.55. The fraction of sp³-hybridized carbons (Fsp3) is 0.200. The molecule has 1 aromatic carbocycles. The number of nitrogens with zero attached hydrogens (tertiary/aromatic N) is 4. The van der Waals surface area contributed by atoms with E-state index in [1.807, 2.05) is 0 Å². The Balaban J connectivity index is 2.70. The highest BCUT2D eigenvalue weighted by Crippen LogP contribution is 2.17. The lowest BCUT2D eigenvalue weighted by atomic mass is 10.1. The van der Waals surface area contributed by atoms with Gasteiger partial charge in [0, 0.05) is 12.6 Å². The maximum Gasteiger partial charge on any atom is 0.337 e. The number of aromatic nitrogens is 3. The summed E-state index contributed by atoms with van der Waals surface area (Å²) in [6.45, 7) is 0. The van der Waals surface area contributed by atoms with Crippen molar-refractivity contribution in [1.29, 1.82) is 0 Å². The molecule has 1 aromatic heterocycles. The quantitative estimate of drug-likeness (QED) is 0.355. The third-order valence-corrected chi connectivity index (χ3v) is 2.23. The minimum atomic E-state index is -0.481. The number of esters is 1. The summed E-state index contributed by atoms with van der Waals surface area (Å²) >= 11 is 0. The highest BCUT2D eigenvalue weighted by Gasteiger charge is 2.13. The summed E-state index contributed by atoms with van der Waals surface area (Å²) in [5, 5.41) is 19.7. The zero-order valence-corrected chi connectivity index (χ0v) is 9.28. The predicted molar refractivity (Wildman–Crippen MR) is 59.2 cm³/mol. The van der Waals surface area contributed by atoms with Crippen molar-refractivity contribution in [1.82, 2.24) is 15.0 Å². The van der Waals surface area contributed by atoms with Crippen LogP contribution in [0.3, 0.4) is 0 Å². The molecule has 2 rings (SSSR count). The maximum absolute atomic E-state index is 11.4. The van der Waals surface area contributed by atoms with E-state index < -0.39 is 5.97 Å². The molecule has 1 N–H and O–H groups in total. The van der Waals surface area contributed by atoms with Crippen LogP contribution in [0.5, 0.6) is 0 Å². The van der Waals surface area contributed by atoms with Gasteiger partial charge in [0.25, 0.3) is 0 Å². The highest BCUT2D eigenvalue weighted by atomic mass is 16.5. The van der Waals surface area contributed by atoms with E-state index in [1.54, 1.807) is 13.1 Å². The summed E-state index contributed by atoms with van der Waals surface area (Å²) in [5.41, 5.74) is 1.91. The smallest absolute Gasteiger partial charge is 0.337 e. The van der Waals surface area contributed by atoms with E-state index in [0.29, 0.717) is 22.2 Å². The van der Waals surface area contributed by atoms with Crippen molar-refractivity contribution < 1.29 is 14.7 Å². The van der Waals surface area contributed by atoms with Crippen molar-refractivity contribution in [2.24, 2.45) is 12.2 Å². The van der Waals surface area contributed by atoms with E-state index in [1.165, 1.54) is 24.2 Å². The Bertz CT molecular complexity index is 603. The lowest BCUT2D eigenvalue weighted by molar-refractivity contribution is 0.0601. The van der Waals surface area contributed by atoms with Crippen LogP contribution in [0.15, 0.2) is 17.3 Å². The van der Waals surface area contributed by atoms with Gasteiger partial charge in [0.1, 0.15) is 11.0 Å². The molecule has 0 saturated carbocycles. The van der Waals surface area contributed by atoms with Crippen LogP contribution < -0.4 is 0 Å². The van der Waals surface area contributed by atoms with E-state index in [2.05, 4.69) is 20.1 Å². The van der Waals surface area contributed by atoms with Gasteiger partial charge >= 0.3 is 5.97 Å². The summed E-state index contributed by atoms with van der Waals surface area (Å²) < 4.78 is 4.62. The zero-order chi connectivity index (χ0) is 12.4. The number of hydrogen-bond acceptors (Lipinski definition) is 6. The van der Waals surface area contributed by atoms with Gasteiger partial charge in [-0.1, -0.05) is 5.16 Å². The largest absolute Gasteiger partial charge is 0.465 e. The molecular formula is C10H10N4O3. The molecule has 0 amide bonds. The average molecular weight is 234 g/mol. The number of aryl methyl sites for hydroxylation is 1. The molecular weight excluding hydrogens is 224 g/mol. The summed E-state index contributed by atoms with van der Waals surface area (Å²) in [6, 6.07) is 3.10. The van der Waals surface area contributed by atoms with Crippen LogP contribution in [0, 0.1) is 0 Å². The van der Waals surface area contributed by atoms with Crippen LogP contribution in [-0.4, -0.2) is 39.5 Å². The molecule has 7 heteroatoms. The van der Waals surface area contributed by atoms with E-state index >= 15 is 0 Å². The Morgan fingerprint density at radius 1 is 1.53 bits per heavy atom. The van der Waals surface area contributed by atoms with Gasteiger partial charge in [-0.05, 0) is 12.1 Å². The monoisotopic (exact) mass is 234 g/mol. The highest BCUT2D eigenvalue weighted by molar-refractivity contribution is 6.01. The van der Waals surface area contributed by atoms with E-state index in [4.69, 9.17) is 5.21 Å². The summed E-state index contributed by atoms with van der Waals surface area (Å²) in [5.74, 6) is -0.481. The molecule has 0 saturated heterocycles. The molecule has 0 bridgehead atoms. The lowest BCUT2D eigenvalue weighted by Gasteiger charge is -2.00. The Morgan fingerprint density at radius 2 is 2.29 bits per heavy atom. The maximum atomic E-state index is 11.4. The Morgan fingerprint density at radius 3 is 2.94 bits per heavy atom. The van der Waals surface area contributed by atoms with Crippen LogP contribution in [-0.2, 0) is 11.8 Å². The molecule has 0 unspecified atom stereocenters. The van der Waals surface area contributed by atoms with Crippen molar-refractivity contribution in [2.75, 3.05) is 7.11 Å². The van der Waals surface area contributed by atoms with Gasteiger partial charge < -0.3 is 9.94 Å². The first-order valence-corrected chi connectivity index (χ1v) is 4.76. The average Bonchev–Trinajstić information content (AvgIpc) is 2.69. The van der Waals surface area contributed by atoms with Gasteiger partial charge in [-0.25, -0.2) is 4.79 Å². The van der Waals surface area contributed by atoms with E-state index in [0.717, 1.165) is 0 Å². The first kappa shape index (κ1) is 11.1. The summed E-state index contributed by atoms with van der Waals surface area (Å²) in [4.78, 5) is 12.8. The topological polar surface area (TPSA) is 89.6 Å². The molecule has 0 aliphatic rings. The predicted octanol–water partition coefficient (Wildman–Crippen LogP) is 0.563. The molecule has 0 spiro atoms. The molecule has 0 radical (unpaired) electrons. The Kier molecular flexibility index (Phi) is 2.73. The molecule has 1 heterocycles. The number of methoxy groups -OCH3 is 1. The summed E-state index contributed by atoms with van der Waals surface area (Å²) in [7, 11) is 2.96. The second-order valence-corrected chi connectivity index (χ2v) is 3.36. The van der Waals surface area contributed by atoms with Crippen LogP contribution in [0.25, 0.3) is 11.0 Å². The SMILES string of the molecule is COC(=O)c1cc(/C=N/O)c2nn(C)nc2c1. The van der Waals surface area contributed by atoms with Gasteiger partial charge in [-0.3, -0.25) is 0 Å². The number of ether oxygens (including phenoxy) is 1. The van der Waals surface area contributed by atoms with Crippen molar-refractivity contribution in [3.05, 3.63) is 23.3 Å². The number of fused-ring (bicyclic) bond motifs is 1. The minimum absolute atomic E-state index is 0.329. The molecule has 0 aliphatic heterocycles. The standard InChI is InChI=1S/C10H10N4O3/c1-14-12-8-4-6(10(15)17-2)3-7(5-11-16)9(8)13-14/h3-5,16H,1-2H3/b11-5+. The molecule has 2 aromatic rings. The second kappa shape index (κ2) is 4.20. The van der Waals surface area contributed by atoms with Crippen molar-refractivity contribution in [3.63, 3.8) is 0 Å². The van der Waals surface area contributed by atoms with Crippen molar-refractivity contribution in [2.45, 2.75) is 0 Å². The number of rotatable bonds is 2. The van der Waals surface area contributed by atoms with Gasteiger partial charge in [0.05, 0.1) is 18.9 Å². The summed E-state index contributed by atoms with van der Waals surface area (Å²) in [6.07, 6.45) is 1.20. The zero-order valence-electron chi connectivity index (χ0n) is 9.28. The molecule has 0 atom stereocenters. The van der Waals surface area contributed by atoms with Crippen molar-refractivity contribution in [3.8, 4) is 0 Å². The van der Waals surface area contributed by atoms with Gasteiger partial charge in [-0.15, -0.1) is 0 Å². The third-order valence-electron chi connectivity index (χ3n) is 2.23. The number of carbonyl (C=O) groups is 1. The molecule has 0 fully saturated rings. The Labute approximate surface area is 96.3 Å². The normalized spacial score (nSPS) is 11.2.